The minimum atomic E-state index is -0.246. The summed E-state index contributed by atoms with van der Waals surface area (Å²) in [5.41, 5.74) is 1.47. The molecule has 0 saturated heterocycles. The maximum Gasteiger partial charge on any atom is 0.252 e. The topological polar surface area (TPSA) is 47.6 Å². The average molecular weight is 352 g/mol. The van der Waals surface area contributed by atoms with Gasteiger partial charge in [-0.05, 0) is 36.4 Å². The second-order valence-electron chi connectivity index (χ2n) is 5.25. The van der Waals surface area contributed by atoms with E-state index in [1.54, 1.807) is 25.3 Å². The summed E-state index contributed by atoms with van der Waals surface area (Å²) in [6, 6.07) is 10.5. The number of rotatable bonds is 4. The Bertz CT molecular complexity index is 749. The number of carbonyl (C=O) groups excluding carboxylic acids is 1. The smallest absolute Gasteiger partial charge is 0.252 e. The molecular formula is C17H15Cl2NO3. The number of halogens is 2. The molecule has 0 spiro atoms. The molecule has 0 aliphatic carbocycles. The molecule has 1 amide bonds. The van der Waals surface area contributed by atoms with E-state index in [9.17, 15) is 4.79 Å². The Kier molecular flexibility index (Phi) is 4.64. The highest BCUT2D eigenvalue weighted by Gasteiger charge is 2.24. The zero-order chi connectivity index (χ0) is 16.4. The Morgan fingerprint density at radius 2 is 2.13 bits per heavy atom. The fraction of sp³-hybridized carbons (Fsp3) is 0.235. The van der Waals surface area contributed by atoms with Crippen molar-refractivity contribution < 1.29 is 14.3 Å². The Morgan fingerprint density at radius 1 is 1.30 bits per heavy atom. The summed E-state index contributed by atoms with van der Waals surface area (Å²) in [6.45, 7) is 0.398. The molecule has 0 fully saturated rings. The van der Waals surface area contributed by atoms with Gasteiger partial charge in [-0.25, -0.2) is 0 Å². The summed E-state index contributed by atoms with van der Waals surface area (Å²) in [7, 11) is 1.63. The van der Waals surface area contributed by atoms with Crippen molar-refractivity contribution >= 4 is 29.1 Å². The first-order valence-corrected chi connectivity index (χ1v) is 7.89. The van der Waals surface area contributed by atoms with Crippen LogP contribution in [0.25, 0.3) is 0 Å². The molecule has 4 nitrogen and oxygen atoms in total. The lowest BCUT2D eigenvalue weighted by molar-refractivity contribution is 0.0933. The minimum Gasteiger partial charge on any atom is -0.497 e. The molecule has 1 aliphatic rings. The van der Waals surface area contributed by atoms with E-state index < -0.39 is 0 Å². The summed E-state index contributed by atoms with van der Waals surface area (Å²) in [5.74, 6) is 1.38. The summed E-state index contributed by atoms with van der Waals surface area (Å²) < 4.78 is 11.0. The number of amides is 1. The molecule has 2 aromatic rings. The number of nitrogens with one attached hydrogen (secondary N) is 1. The van der Waals surface area contributed by atoms with E-state index in [2.05, 4.69) is 5.32 Å². The minimum absolute atomic E-state index is 0.105. The highest BCUT2D eigenvalue weighted by molar-refractivity contribution is 6.36. The van der Waals surface area contributed by atoms with Crippen LogP contribution in [0.3, 0.4) is 0 Å². The van der Waals surface area contributed by atoms with Crippen LogP contribution in [0.1, 0.15) is 15.9 Å². The van der Waals surface area contributed by atoms with Crippen molar-refractivity contribution in [1.82, 2.24) is 5.32 Å². The van der Waals surface area contributed by atoms with Crippen LogP contribution in [0, 0.1) is 0 Å². The van der Waals surface area contributed by atoms with Gasteiger partial charge in [0.1, 0.15) is 17.6 Å². The normalized spacial score (nSPS) is 15.7. The van der Waals surface area contributed by atoms with Gasteiger partial charge in [0.25, 0.3) is 5.91 Å². The van der Waals surface area contributed by atoms with Crippen molar-refractivity contribution in [2.75, 3.05) is 13.7 Å². The van der Waals surface area contributed by atoms with E-state index in [0.717, 1.165) is 23.5 Å². The number of methoxy groups -OCH3 is 1. The van der Waals surface area contributed by atoms with Crippen LogP contribution in [0.5, 0.6) is 11.5 Å². The molecule has 0 radical (unpaired) electrons. The van der Waals surface area contributed by atoms with Crippen molar-refractivity contribution in [2.45, 2.75) is 12.5 Å². The van der Waals surface area contributed by atoms with Crippen LogP contribution >= 0.6 is 23.2 Å². The summed E-state index contributed by atoms with van der Waals surface area (Å²) in [4.78, 5) is 12.2. The Hall–Kier alpha value is -1.91. The zero-order valence-corrected chi connectivity index (χ0v) is 13.9. The van der Waals surface area contributed by atoms with Crippen LogP contribution < -0.4 is 14.8 Å². The van der Waals surface area contributed by atoms with Crippen LogP contribution in [0.2, 0.25) is 10.0 Å². The fourth-order valence-electron chi connectivity index (χ4n) is 2.51. The van der Waals surface area contributed by atoms with E-state index >= 15 is 0 Å². The standard InChI is InChI=1S/C17H15Cl2NO3/c1-22-12-3-5-16-10(6-12)7-13(23-16)9-20-17(21)14-4-2-11(18)8-15(14)19/h2-6,8,13H,7,9H2,1H3,(H,20,21)/t13-/m1/s1. The lowest BCUT2D eigenvalue weighted by Crippen LogP contribution is -2.34. The van der Waals surface area contributed by atoms with Crippen LogP contribution in [0.4, 0.5) is 0 Å². The van der Waals surface area contributed by atoms with Crippen molar-refractivity contribution in [3.8, 4) is 11.5 Å². The first-order chi connectivity index (χ1) is 11.1. The number of benzene rings is 2. The molecule has 3 rings (SSSR count). The van der Waals surface area contributed by atoms with E-state index in [4.69, 9.17) is 32.7 Å². The molecule has 2 aromatic carbocycles. The third-order valence-electron chi connectivity index (χ3n) is 3.67. The molecule has 1 heterocycles. The van der Waals surface area contributed by atoms with Gasteiger partial charge in [0, 0.05) is 17.0 Å². The van der Waals surface area contributed by atoms with Crippen molar-refractivity contribution in [3.63, 3.8) is 0 Å². The maximum absolute atomic E-state index is 12.2. The molecule has 1 aliphatic heterocycles. The van der Waals surface area contributed by atoms with Crippen LogP contribution in [-0.2, 0) is 6.42 Å². The van der Waals surface area contributed by atoms with Gasteiger partial charge in [-0.3, -0.25) is 4.79 Å². The van der Waals surface area contributed by atoms with Gasteiger partial charge < -0.3 is 14.8 Å². The van der Waals surface area contributed by atoms with Crippen molar-refractivity contribution in [1.29, 1.82) is 0 Å². The van der Waals surface area contributed by atoms with Gasteiger partial charge in [0.15, 0.2) is 0 Å². The predicted octanol–water partition coefficient (Wildman–Crippen LogP) is 3.74. The molecule has 6 heteroatoms. The van der Waals surface area contributed by atoms with E-state index in [0.29, 0.717) is 22.2 Å². The Labute approximate surface area is 144 Å². The summed E-state index contributed by atoms with van der Waals surface area (Å²) in [6.07, 6.45) is 0.619. The highest BCUT2D eigenvalue weighted by atomic mass is 35.5. The van der Waals surface area contributed by atoms with Gasteiger partial charge in [-0.15, -0.1) is 0 Å². The van der Waals surface area contributed by atoms with Crippen molar-refractivity contribution in [3.05, 3.63) is 57.6 Å². The molecule has 0 unspecified atom stereocenters. The highest BCUT2D eigenvalue weighted by Crippen LogP contribution is 2.31. The molecule has 1 atom stereocenters. The number of fused-ring (bicyclic) bond motifs is 1. The lowest BCUT2D eigenvalue weighted by Gasteiger charge is -2.12. The average Bonchev–Trinajstić information content (AvgIpc) is 2.94. The molecular weight excluding hydrogens is 337 g/mol. The second kappa shape index (κ2) is 6.69. The Balaban J connectivity index is 1.60. The molecule has 23 heavy (non-hydrogen) atoms. The van der Waals surface area contributed by atoms with Gasteiger partial charge in [0.2, 0.25) is 0 Å². The number of hydrogen-bond acceptors (Lipinski definition) is 3. The molecule has 0 bridgehead atoms. The summed E-state index contributed by atoms with van der Waals surface area (Å²) >= 11 is 11.9. The SMILES string of the molecule is COc1ccc2c(c1)C[C@H](CNC(=O)c1ccc(Cl)cc1Cl)O2. The van der Waals surface area contributed by atoms with Gasteiger partial charge in [-0.1, -0.05) is 23.2 Å². The lowest BCUT2D eigenvalue weighted by atomic mass is 10.1. The zero-order valence-electron chi connectivity index (χ0n) is 12.4. The van der Waals surface area contributed by atoms with Gasteiger partial charge in [-0.2, -0.15) is 0 Å². The number of hydrogen-bond donors (Lipinski definition) is 1. The predicted molar refractivity (Wildman–Crippen MR) is 89.9 cm³/mol. The number of ether oxygens (including phenoxy) is 2. The molecule has 0 saturated carbocycles. The first-order valence-electron chi connectivity index (χ1n) is 7.13. The van der Waals surface area contributed by atoms with Gasteiger partial charge >= 0.3 is 0 Å². The number of carbonyl (C=O) groups is 1. The summed E-state index contributed by atoms with van der Waals surface area (Å²) in [5, 5.41) is 3.67. The Morgan fingerprint density at radius 3 is 2.87 bits per heavy atom. The van der Waals surface area contributed by atoms with E-state index in [-0.39, 0.29) is 12.0 Å². The van der Waals surface area contributed by atoms with E-state index in [1.807, 2.05) is 18.2 Å². The van der Waals surface area contributed by atoms with Crippen LogP contribution in [0.15, 0.2) is 36.4 Å². The quantitative estimate of drug-likeness (QED) is 0.912. The maximum atomic E-state index is 12.2. The fourth-order valence-corrected chi connectivity index (χ4v) is 3.01. The first kappa shape index (κ1) is 16.0. The van der Waals surface area contributed by atoms with Crippen LogP contribution in [-0.4, -0.2) is 25.7 Å². The van der Waals surface area contributed by atoms with E-state index in [1.165, 1.54) is 0 Å². The third kappa shape index (κ3) is 3.54. The molecule has 120 valence electrons. The van der Waals surface area contributed by atoms with Crippen molar-refractivity contribution in [2.24, 2.45) is 0 Å². The largest absolute Gasteiger partial charge is 0.497 e. The second-order valence-corrected chi connectivity index (χ2v) is 6.10. The molecule has 1 N–H and O–H groups in total. The third-order valence-corrected chi connectivity index (χ3v) is 4.22. The molecule has 0 aromatic heterocycles. The van der Waals surface area contributed by atoms with Gasteiger partial charge in [0.05, 0.1) is 24.2 Å². The monoisotopic (exact) mass is 351 g/mol.